The standard InChI is InChI=1S/C20H14Cl3F3N6O/c1-9-6-14(20(24,25)26)32-18(27-9)16(23)17(30-32)19(33)28-15-7-10(2)31(29-15)8-11-12(21)4-3-5-13(11)22/h3-7H,8H2,1-2H3,(H,28,29,33). The van der Waals surface area contributed by atoms with Gasteiger partial charge in [-0.1, -0.05) is 40.9 Å². The van der Waals surface area contributed by atoms with Crippen LogP contribution in [0.3, 0.4) is 0 Å². The van der Waals surface area contributed by atoms with Crippen molar-refractivity contribution in [3.05, 3.63) is 73.7 Å². The van der Waals surface area contributed by atoms with Crippen molar-refractivity contribution >= 4 is 52.2 Å². The fraction of sp³-hybridized carbons (Fsp3) is 0.200. The Hall–Kier alpha value is -2.82. The van der Waals surface area contributed by atoms with Gasteiger partial charge in [0, 0.05) is 33.1 Å². The molecule has 0 fully saturated rings. The van der Waals surface area contributed by atoms with Crippen LogP contribution in [-0.4, -0.2) is 30.3 Å². The number of benzene rings is 1. The summed E-state index contributed by atoms with van der Waals surface area (Å²) in [6, 6.07) is 7.51. The van der Waals surface area contributed by atoms with E-state index < -0.39 is 23.5 Å². The highest BCUT2D eigenvalue weighted by Gasteiger charge is 2.36. The number of amides is 1. The van der Waals surface area contributed by atoms with Gasteiger partial charge < -0.3 is 5.32 Å². The van der Waals surface area contributed by atoms with Crippen LogP contribution in [0.15, 0.2) is 30.3 Å². The molecule has 172 valence electrons. The molecule has 3 aromatic heterocycles. The number of nitrogens with zero attached hydrogens (tertiary/aromatic N) is 5. The molecule has 0 aliphatic rings. The van der Waals surface area contributed by atoms with Crippen molar-refractivity contribution in [1.29, 1.82) is 0 Å². The van der Waals surface area contributed by atoms with Gasteiger partial charge in [0.2, 0.25) is 0 Å². The molecule has 33 heavy (non-hydrogen) atoms. The van der Waals surface area contributed by atoms with Gasteiger partial charge in [0.25, 0.3) is 5.91 Å². The van der Waals surface area contributed by atoms with Gasteiger partial charge in [-0.05, 0) is 32.0 Å². The van der Waals surface area contributed by atoms with Crippen LogP contribution in [0.5, 0.6) is 0 Å². The Morgan fingerprint density at radius 2 is 1.76 bits per heavy atom. The first-order valence-electron chi connectivity index (χ1n) is 9.37. The Bertz CT molecular complexity index is 1380. The smallest absolute Gasteiger partial charge is 0.304 e. The second-order valence-electron chi connectivity index (χ2n) is 7.16. The van der Waals surface area contributed by atoms with Crippen LogP contribution in [0, 0.1) is 13.8 Å². The van der Waals surface area contributed by atoms with Crippen molar-refractivity contribution in [3.63, 3.8) is 0 Å². The summed E-state index contributed by atoms with van der Waals surface area (Å²) in [4.78, 5) is 16.8. The maximum Gasteiger partial charge on any atom is 0.433 e. The first-order chi connectivity index (χ1) is 15.5. The van der Waals surface area contributed by atoms with E-state index in [1.165, 1.54) is 6.92 Å². The first kappa shape index (κ1) is 23.3. The molecule has 0 aliphatic carbocycles. The third kappa shape index (κ3) is 4.50. The number of aryl methyl sites for hydroxylation is 2. The van der Waals surface area contributed by atoms with Gasteiger partial charge in [-0.2, -0.15) is 23.4 Å². The summed E-state index contributed by atoms with van der Waals surface area (Å²) in [5, 5.41) is 11.2. The van der Waals surface area contributed by atoms with Crippen molar-refractivity contribution in [2.45, 2.75) is 26.6 Å². The van der Waals surface area contributed by atoms with Gasteiger partial charge >= 0.3 is 6.18 Å². The average molecular weight is 518 g/mol. The molecule has 4 aromatic rings. The van der Waals surface area contributed by atoms with Gasteiger partial charge in [0.1, 0.15) is 10.7 Å². The van der Waals surface area contributed by atoms with Crippen LogP contribution in [0.4, 0.5) is 19.0 Å². The molecule has 1 amide bonds. The number of aromatic nitrogens is 5. The maximum atomic E-state index is 13.4. The SMILES string of the molecule is Cc1cc(C(F)(F)F)n2nc(C(=O)Nc3cc(C)n(Cc4c(Cl)cccc4Cl)n3)c(Cl)c2n1. The van der Waals surface area contributed by atoms with Gasteiger partial charge in [-0.3, -0.25) is 9.48 Å². The van der Waals surface area contributed by atoms with E-state index in [2.05, 4.69) is 20.5 Å². The van der Waals surface area contributed by atoms with Gasteiger partial charge in [-0.15, -0.1) is 0 Å². The number of anilines is 1. The summed E-state index contributed by atoms with van der Waals surface area (Å²) < 4.78 is 42.3. The molecule has 0 bridgehead atoms. The molecule has 1 N–H and O–H groups in total. The van der Waals surface area contributed by atoms with Crippen molar-refractivity contribution in [1.82, 2.24) is 24.4 Å². The topological polar surface area (TPSA) is 77.1 Å². The summed E-state index contributed by atoms with van der Waals surface area (Å²) in [5.41, 5.74) is -0.377. The molecule has 4 rings (SSSR count). The number of rotatable bonds is 4. The van der Waals surface area contributed by atoms with Gasteiger partial charge in [0.05, 0.1) is 6.54 Å². The lowest BCUT2D eigenvalue weighted by Crippen LogP contribution is -2.16. The molecule has 0 spiro atoms. The number of fused-ring (bicyclic) bond motifs is 1. The van der Waals surface area contributed by atoms with Gasteiger partial charge in [0.15, 0.2) is 17.2 Å². The molecule has 1 aromatic carbocycles. The van der Waals surface area contributed by atoms with Crippen molar-refractivity contribution in [2.75, 3.05) is 5.32 Å². The predicted molar refractivity (Wildman–Crippen MR) is 118 cm³/mol. The van der Waals surface area contributed by atoms with E-state index in [4.69, 9.17) is 34.8 Å². The molecule has 7 nitrogen and oxygen atoms in total. The van der Waals surface area contributed by atoms with Crippen LogP contribution in [0.2, 0.25) is 15.1 Å². The van der Waals surface area contributed by atoms with Crippen molar-refractivity contribution in [3.8, 4) is 0 Å². The van der Waals surface area contributed by atoms with E-state index in [1.54, 1.807) is 35.9 Å². The highest BCUT2D eigenvalue weighted by atomic mass is 35.5. The minimum absolute atomic E-state index is 0.0798. The molecule has 0 unspecified atom stereocenters. The number of halogens is 6. The third-order valence-electron chi connectivity index (χ3n) is 4.76. The van der Waals surface area contributed by atoms with Crippen LogP contribution in [-0.2, 0) is 12.7 Å². The minimum atomic E-state index is -4.72. The van der Waals surface area contributed by atoms with Crippen LogP contribution < -0.4 is 5.32 Å². The Morgan fingerprint density at radius 3 is 2.39 bits per heavy atom. The highest BCUT2D eigenvalue weighted by molar-refractivity contribution is 6.37. The van der Waals surface area contributed by atoms with Gasteiger partial charge in [-0.25, -0.2) is 9.50 Å². The Labute approximate surface area is 200 Å². The van der Waals surface area contributed by atoms with Crippen LogP contribution in [0.1, 0.15) is 33.1 Å². The zero-order valence-electron chi connectivity index (χ0n) is 17.0. The number of carbonyl (C=O) groups excluding carboxylic acids is 1. The Balaban J connectivity index is 1.64. The zero-order valence-corrected chi connectivity index (χ0v) is 19.3. The molecule has 13 heteroatoms. The molecule has 3 heterocycles. The first-order valence-corrected chi connectivity index (χ1v) is 10.5. The molecule has 0 atom stereocenters. The van der Waals surface area contributed by atoms with E-state index in [9.17, 15) is 18.0 Å². The fourth-order valence-corrected chi connectivity index (χ4v) is 3.96. The lowest BCUT2D eigenvalue weighted by atomic mass is 10.2. The van der Waals surface area contributed by atoms with E-state index in [-0.39, 0.29) is 28.7 Å². The monoisotopic (exact) mass is 516 g/mol. The molecular formula is C20H14Cl3F3N6O. The Morgan fingerprint density at radius 1 is 1.09 bits per heavy atom. The largest absolute Gasteiger partial charge is 0.433 e. The molecule has 0 radical (unpaired) electrons. The average Bonchev–Trinajstić information content (AvgIpc) is 3.23. The second kappa shape index (κ2) is 8.51. The molecule has 0 saturated carbocycles. The number of alkyl halides is 3. The van der Waals surface area contributed by atoms with E-state index >= 15 is 0 Å². The lowest BCUT2D eigenvalue weighted by molar-refractivity contribution is -0.142. The number of nitrogens with one attached hydrogen (secondary N) is 1. The second-order valence-corrected chi connectivity index (χ2v) is 8.35. The Kier molecular flexibility index (Phi) is 6.02. The lowest BCUT2D eigenvalue weighted by Gasteiger charge is -2.09. The van der Waals surface area contributed by atoms with Crippen molar-refractivity contribution < 1.29 is 18.0 Å². The predicted octanol–water partition coefficient (Wildman–Crippen LogP) is 5.82. The third-order valence-corrected chi connectivity index (χ3v) is 5.82. The summed E-state index contributed by atoms with van der Waals surface area (Å²) in [6.45, 7) is 3.39. The summed E-state index contributed by atoms with van der Waals surface area (Å²) >= 11 is 18.6. The normalized spacial score (nSPS) is 11.9. The minimum Gasteiger partial charge on any atom is -0.304 e. The number of carbonyl (C=O) groups is 1. The maximum absolute atomic E-state index is 13.4. The zero-order chi connectivity index (χ0) is 24.1. The molecule has 0 aliphatic heterocycles. The van der Waals surface area contributed by atoms with Crippen LogP contribution in [0.25, 0.3) is 5.65 Å². The summed E-state index contributed by atoms with van der Waals surface area (Å²) in [5.74, 6) is -0.689. The van der Waals surface area contributed by atoms with E-state index in [1.807, 2.05) is 0 Å². The number of hydrogen-bond donors (Lipinski definition) is 1. The fourth-order valence-electron chi connectivity index (χ4n) is 3.20. The molecular weight excluding hydrogens is 504 g/mol. The molecule has 0 saturated heterocycles. The van der Waals surface area contributed by atoms with E-state index in [0.717, 1.165) is 6.07 Å². The van der Waals surface area contributed by atoms with Crippen molar-refractivity contribution in [2.24, 2.45) is 0 Å². The van der Waals surface area contributed by atoms with Crippen LogP contribution >= 0.6 is 34.8 Å². The number of hydrogen-bond acceptors (Lipinski definition) is 4. The van der Waals surface area contributed by atoms with E-state index in [0.29, 0.717) is 25.8 Å². The quantitative estimate of drug-likeness (QED) is 0.370. The summed E-state index contributed by atoms with van der Waals surface area (Å²) in [7, 11) is 0. The summed E-state index contributed by atoms with van der Waals surface area (Å²) in [6.07, 6.45) is -4.72. The highest BCUT2D eigenvalue weighted by Crippen LogP contribution is 2.32.